The van der Waals surface area contributed by atoms with Crippen molar-refractivity contribution in [2.24, 2.45) is 12.5 Å². The number of fused-ring (bicyclic) bond motifs is 2. The number of thiazole rings is 1. The molecular weight excluding hydrogens is 460 g/mol. The van der Waals surface area contributed by atoms with Gasteiger partial charge in [-0.1, -0.05) is 20.8 Å². The lowest BCUT2D eigenvalue weighted by molar-refractivity contribution is 0.0255. The van der Waals surface area contributed by atoms with Crippen molar-refractivity contribution < 1.29 is 14.6 Å². The number of piperidine rings is 1. The van der Waals surface area contributed by atoms with Crippen LogP contribution in [-0.2, 0) is 18.9 Å². The van der Waals surface area contributed by atoms with Crippen LogP contribution in [0.3, 0.4) is 0 Å². The minimum absolute atomic E-state index is 0.0151. The van der Waals surface area contributed by atoms with Crippen LogP contribution in [0.5, 0.6) is 5.75 Å². The van der Waals surface area contributed by atoms with Gasteiger partial charge in [0.25, 0.3) is 5.91 Å². The quantitative estimate of drug-likeness (QED) is 0.556. The predicted octanol–water partition coefficient (Wildman–Crippen LogP) is 4.94. The van der Waals surface area contributed by atoms with E-state index in [1.165, 1.54) is 4.88 Å². The third-order valence-electron chi connectivity index (χ3n) is 7.59. The average Bonchev–Trinajstić information content (AvgIpc) is 3.35. The number of aliphatic hydroxyl groups is 1. The van der Waals surface area contributed by atoms with Gasteiger partial charge in [0.2, 0.25) is 0 Å². The van der Waals surface area contributed by atoms with Crippen LogP contribution in [0.2, 0.25) is 0 Å². The molecule has 1 atom stereocenters. The first-order valence-corrected chi connectivity index (χ1v) is 13.4. The molecule has 1 aliphatic heterocycles. The third-order valence-corrected chi connectivity index (χ3v) is 9.09. The summed E-state index contributed by atoms with van der Waals surface area (Å²) in [5.41, 5.74) is 3.36. The molecule has 0 bridgehead atoms. The average molecular weight is 497 g/mol. The highest BCUT2D eigenvalue weighted by Crippen LogP contribution is 2.50. The lowest BCUT2D eigenvalue weighted by atomic mass is 9.68. The number of aryl methyl sites for hydroxylation is 2. The number of nitrogens with zero attached hydrogens (tertiary/aromatic N) is 4. The third kappa shape index (κ3) is 4.25. The van der Waals surface area contributed by atoms with E-state index in [9.17, 15) is 9.90 Å². The van der Waals surface area contributed by atoms with Gasteiger partial charge in [-0.15, -0.1) is 11.3 Å². The number of hydrogen-bond acceptors (Lipinski definition) is 6. The molecule has 3 aromatic rings. The van der Waals surface area contributed by atoms with Crippen molar-refractivity contribution >= 4 is 28.1 Å². The number of aliphatic hydroxyl groups excluding tert-OH is 1. The summed E-state index contributed by atoms with van der Waals surface area (Å²) in [5, 5.41) is 17.5. The largest absolute Gasteiger partial charge is 0.492 e. The van der Waals surface area contributed by atoms with Crippen LogP contribution in [-0.4, -0.2) is 50.4 Å². The molecule has 8 heteroatoms. The molecule has 2 aromatic heterocycles. The molecule has 1 fully saturated rings. The molecule has 1 amide bonds. The highest BCUT2D eigenvalue weighted by Gasteiger charge is 2.44. The fourth-order valence-electron chi connectivity index (χ4n) is 5.67. The lowest BCUT2D eigenvalue weighted by Crippen LogP contribution is -2.45. The Bertz CT molecular complexity index is 1280. The molecule has 1 aliphatic carbocycles. The van der Waals surface area contributed by atoms with E-state index < -0.39 is 6.10 Å². The second-order valence-electron chi connectivity index (χ2n) is 11.3. The summed E-state index contributed by atoms with van der Waals surface area (Å²) in [4.78, 5) is 21.5. The Kier molecular flexibility index (Phi) is 5.95. The molecule has 0 saturated carbocycles. The Labute approximate surface area is 211 Å². The van der Waals surface area contributed by atoms with Crippen LogP contribution in [0.1, 0.15) is 84.7 Å². The van der Waals surface area contributed by atoms with Crippen molar-refractivity contribution in [2.45, 2.75) is 71.8 Å². The summed E-state index contributed by atoms with van der Waals surface area (Å²) >= 11 is 1.75. The van der Waals surface area contributed by atoms with Crippen LogP contribution >= 0.6 is 11.3 Å². The van der Waals surface area contributed by atoms with Gasteiger partial charge in [0.05, 0.1) is 29.1 Å². The van der Waals surface area contributed by atoms with E-state index in [0.717, 1.165) is 53.0 Å². The van der Waals surface area contributed by atoms with Crippen molar-refractivity contribution in [3.8, 4) is 5.75 Å². The Morgan fingerprint density at radius 3 is 2.66 bits per heavy atom. The van der Waals surface area contributed by atoms with Gasteiger partial charge in [0.1, 0.15) is 11.3 Å². The second kappa shape index (κ2) is 8.59. The summed E-state index contributed by atoms with van der Waals surface area (Å²) in [5.74, 6) is 0.739. The number of rotatable bonds is 3. The molecule has 1 unspecified atom stereocenters. The van der Waals surface area contributed by atoms with Crippen molar-refractivity contribution in [3.63, 3.8) is 0 Å². The SMILES string of the molecule is CCOc1cc(C(=O)N2CCC3(CC2)Cc2sc(C(C)(C)C)nc2C(O)C3)cc2c(C)nn(C)c12. The van der Waals surface area contributed by atoms with Crippen molar-refractivity contribution in [1.29, 1.82) is 0 Å². The van der Waals surface area contributed by atoms with Crippen molar-refractivity contribution in [1.82, 2.24) is 19.7 Å². The second-order valence-corrected chi connectivity index (χ2v) is 12.4. The van der Waals surface area contributed by atoms with E-state index in [1.54, 1.807) is 11.3 Å². The molecule has 188 valence electrons. The van der Waals surface area contributed by atoms with Gasteiger partial charge in [-0.25, -0.2) is 4.98 Å². The minimum Gasteiger partial charge on any atom is -0.492 e. The van der Waals surface area contributed by atoms with Gasteiger partial charge in [0.15, 0.2) is 0 Å². The van der Waals surface area contributed by atoms with Crippen LogP contribution in [0.15, 0.2) is 12.1 Å². The van der Waals surface area contributed by atoms with Gasteiger partial charge in [-0.3, -0.25) is 9.48 Å². The molecule has 0 radical (unpaired) electrons. The number of carbonyl (C=O) groups is 1. The lowest BCUT2D eigenvalue weighted by Gasteiger charge is -2.45. The maximum Gasteiger partial charge on any atom is 0.254 e. The van der Waals surface area contributed by atoms with Gasteiger partial charge >= 0.3 is 0 Å². The molecule has 1 spiro atoms. The molecular formula is C27H36N4O3S. The van der Waals surface area contributed by atoms with E-state index in [1.807, 2.05) is 42.6 Å². The molecule has 1 saturated heterocycles. The summed E-state index contributed by atoms with van der Waals surface area (Å²) < 4.78 is 7.71. The molecule has 7 nitrogen and oxygen atoms in total. The first-order valence-electron chi connectivity index (χ1n) is 12.6. The standard InChI is InChI=1S/C27H36N4O3S/c1-7-34-20-13-17(12-18-16(2)29-30(6)23(18)20)24(33)31-10-8-27(9-11-31)14-19(32)22-21(15-27)35-25(28-22)26(3,4)5/h12-13,19,32H,7-11,14-15H2,1-6H3. The predicted molar refractivity (Wildman–Crippen MR) is 138 cm³/mol. The van der Waals surface area contributed by atoms with Crippen LogP contribution in [0, 0.1) is 12.3 Å². The Morgan fingerprint density at radius 2 is 2.00 bits per heavy atom. The van der Waals surface area contributed by atoms with Crippen molar-refractivity contribution in [3.05, 3.63) is 39.0 Å². The summed E-state index contributed by atoms with van der Waals surface area (Å²) in [6, 6.07) is 3.82. The number of hydrogen-bond donors (Lipinski definition) is 1. The highest BCUT2D eigenvalue weighted by molar-refractivity contribution is 7.11. The van der Waals surface area contributed by atoms with Gasteiger partial charge < -0.3 is 14.7 Å². The fraction of sp³-hybridized carbons (Fsp3) is 0.593. The summed E-state index contributed by atoms with van der Waals surface area (Å²) in [6.07, 6.45) is 2.95. The van der Waals surface area contributed by atoms with E-state index in [0.29, 0.717) is 31.0 Å². The Morgan fingerprint density at radius 1 is 1.29 bits per heavy atom. The zero-order valence-electron chi connectivity index (χ0n) is 21.6. The number of carbonyl (C=O) groups excluding carboxylic acids is 1. The smallest absolute Gasteiger partial charge is 0.254 e. The number of likely N-dealkylation sites (tertiary alicyclic amines) is 1. The van der Waals surface area contributed by atoms with Gasteiger partial charge in [0, 0.05) is 41.4 Å². The number of amides is 1. The zero-order chi connectivity index (χ0) is 25.1. The maximum absolute atomic E-state index is 13.6. The van der Waals surface area contributed by atoms with E-state index in [-0.39, 0.29) is 16.7 Å². The number of aromatic nitrogens is 3. The number of ether oxygens (including phenoxy) is 1. The molecule has 5 rings (SSSR count). The molecule has 1 N–H and O–H groups in total. The minimum atomic E-state index is -0.516. The van der Waals surface area contributed by atoms with Crippen LogP contribution < -0.4 is 4.74 Å². The monoisotopic (exact) mass is 496 g/mol. The molecule has 1 aromatic carbocycles. The summed E-state index contributed by atoms with van der Waals surface area (Å²) in [6.45, 7) is 12.3. The van der Waals surface area contributed by atoms with E-state index in [2.05, 4.69) is 25.9 Å². The fourth-order valence-corrected chi connectivity index (χ4v) is 7.02. The normalized spacial score (nSPS) is 19.9. The topological polar surface area (TPSA) is 80.5 Å². The highest BCUT2D eigenvalue weighted by atomic mass is 32.1. The van der Waals surface area contributed by atoms with Gasteiger partial charge in [-0.2, -0.15) is 5.10 Å². The molecule has 2 aliphatic rings. The summed E-state index contributed by atoms with van der Waals surface area (Å²) in [7, 11) is 1.90. The van der Waals surface area contributed by atoms with Crippen LogP contribution in [0.25, 0.3) is 10.9 Å². The first kappa shape index (κ1) is 24.3. The van der Waals surface area contributed by atoms with Crippen LogP contribution in [0.4, 0.5) is 0 Å². The maximum atomic E-state index is 13.6. The van der Waals surface area contributed by atoms with E-state index >= 15 is 0 Å². The van der Waals surface area contributed by atoms with Crippen molar-refractivity contribution in [2.75, 3.05) is 19.7 Å². The zero-order valence-corrected chi connectivity index (χ0v) is 22.5. The molecule has 3 heterocycles. The molecule has 35 heavy (non-hydrogen) atoms. The van der Waals surface area contributed by atoms with E-state index in [4.69, 9.17) is 9.72 Å². The number of benzene rings is 1. The van der Waals surface area contributed by atoms with Gasteiger partial charge in [-0.05, 0) is 57.1 Å². The Balaban J connectivity index is 1.35. The first-order chi connectivity index (χ1) is 16.5. The Hall–Kier alpha value is -2.45.